The van der Waals surface area contributed by atoms with E-state index in [-0.39, 0.29) is 29.8 Å². The summed E-state index contributed by atoms with van der Waals surface area (Å²) in [6.45, 7) is 12.0. The Balaban J connectivity index is 0.00000235. The van der Waals surface area contributed by atoms with Gasteiger partial charge in [-0.2, -0.15) is 0 Å². The first-order valence-electron chi connectivity index (χ1n) is 13.4. The fraction of sp³-hybridized carbons (Fsp3) is 0.567. The highest BCUT2D eigenvalue weighted by atomic mass is 19.1. The third-order valence-corrected chi connectivity index (χ3v) is 6.96. The Kier molecular flexibility index (Phi) is 11.1. The Morgan fingerprint density at radius 3 is 2.16 bits per heavy atom. The predicted octanol–water partition coefficient (Wildman–Crippen LogP) is 5.73. The predicted molar refractivity (Wildman–Crippen MR) is 147 cm³/mol. The smallest absolute Gasteiger partial charge is 0.217 e. The van der Waals surface area contributed by atoms with E-state index in [0.717, 1.165) is 49.3 Å². The van der Waals surface area contributed by atoms with Crippen LogP contribution in [-0.4, -0.2) is 29.7 Å². The third-order valence-electron chi connectivity index (χ3n) is 6.96. The van der Waals surface area contributed by atoms with Crippen LogP contribution in [0.15, 0.2) is 36.4 Å². The van der Waals surface area contributed by atoms with Crippen LogP contribution in [0.1, 0.15) is 90.3 Å². The number of aliphatic hydroxyl groups is 1. The van der Waals surface area contributed by atoms with Gasteiger partial charge in [0.25, 0.3) is 0 Å². The molecule has 2 unspecified atom stereocenters. The van der Waals surface area contributed by atoms with Gasteiger partial charge in [0.1, 0.15) is 11.6 Å². The number of aliphatic hydroxyl groups excluding tert-OH is 1. The van der Waals surface area contributed by atoms with E-state index in [9.17, 15) is 18.7 Å². The number of halogens is 2. The number of carbonyl (C=O) groups is 1. The van der Waals surface area contributed by atoms with Crippen molar-refractivity contribution < 1.29 is 18.7 Å². The Labute approximate surface area is 221 Å². The lowest BCUT2D eigenvalue weighted by atomic mass is 9.74. The van der Waals surface area contributed by atoms with Crippen molar-refractivity contribution in [2.24, 2.45) is 0 Å². The van der Waals surface area contributed by atoms with Gasteiger partial charge < -0.3 is 21.5 Å². The molecule has 1 aliphatic carbocycles. The van der Waals surface area contributed by atoms with Gasteiger partial charge in [0.2, 0.25) is 5.91 Å². The standard InChI is InChI=1S/C28H39F2N3O2.C2H6/c1-18(34)33-25(12-19-10-22(29)16-23(30)11-19)26(35)17-32-28(8-6-5-7-9-28)21-13-20(27(2,3)4)14-24(31)15-21;1-2/h10-11,13-16,25-26,32,35H,5-9,12,17,31H2,1-4H3,(H,33,34);1-2H3. The Bertz CT molecular complexity index is 1010. The second-order valence-corrected chi connectivity index (χ2v) is 11.0. The van der Waals surface area contributed by atoms with Crippen LogP contribution in [0.5, 0.6) is 0 Å². The monoisotopic (exact) mass is 517 g/mol. The van der Waals surface area contributed by atoms with Gasteiger partial charge in [0.15, 0.2) is 0 Å². The van der Waals surface area contributed by atoms with Crippen LogP contribution < -0.4 is 16.4 Å². The molecule has 0 bridgehead atoms. The zero-order chi connectivity index (χ0) is 27.8. The third kappa shape index (κ3) is 8.78. The molecule has 1 aliphatic rings. The highest BCUT2D eigenvalue weighted by molar-refractivity contribution is 5.73. The van der Waals surface area contributed by atoms with Crippen LogP contribution >= 0.6 is 0 Å². The second kappa shape index (κ2) is 13.3. The molecule has 37 heavy (non-hydrogen) atoms. The van der Waals surface area contributed by atoms with Crippen molar-refractivity contribution in [3.63, 3.8) is 0 Å². The molecule has 7 heteroatoms. The molecule has 0 saturated heterocycles. The largest absolute Gasteiger partial charge is 0.399 e. The summed E-state index contributed by atoms with van der Waals surface area (Å²) in [6, 6.07) is 8.79. The van der Waals surface area contributed by atoms with Gasteiger partial charge in [-0.3, -0.25) is 4.79 Å². The molecule has 1 fully saturated rings. The van der Waals surface area contributed by atoms with Crippen LogP contribution in [0.2, 0.25) is 0 Å². The minimum Gasteiger partial charge on any atom is -0.399 e. The van der Waals surface area contributed by atoms with E-state index in [1.54, 1.807) is 0 Å². The molecule has 0 aromatic heterocycles. The van der Waals surface area contributed by atoms with Crippen molar-refractivity contribution >= 4 is 11.6 Å². The number of nitrogens with one attached hydrogen (secondary N) is 2. The Hall–Kier alpha value is -2.51. The van der Waals surface area contributed by atoms with Crippen LogP contribution in [0.4, 0.5) is 14.5 Å². The number of carbonyl (C=O) groups excluding carboxylic acids is 1. The Morgan fingerprint density at radius 2 is 1.62 bits per heavy atom. The molecule has 2 atom stereocenters. The molecule has 2 aromatic rings. The van der Waals surface area contributed by atoms with Crippen molar-refractivity contribution in [1.82, 2.24) is 10.6 Å². The molecule has 206 valence electrons. The van der Waals surface area contributed by atoms with E-state index in [1.807, 2.05) is 26.0 Å². The molecule has 2 aromatic carbocycles. The fourth-order valence-electron chi connectivity index (χ4n) is 5.05. The lowest BCUT2D eigenvalue weighted by Gasteiger charge is -2.41. The van der Waals surface area contributed by atoms with E-state index in [1.165, 1.54) is 19.1 Å². The van der Waals surface area contributed by atoms with E-state index in [0.29, 0.717) is 11.3 Å². The summed E-state index contributed by atoms with van der Waals surface area (Å²) in [6.07, 6.45) is 4.23. The first-order valence-corrected chi connectivity index (χ1v) is 13.4. The van der Waals surface area contributed by atoms with E-state index in [2.05, 4.69) is 37.5 Å². The van der Waals surface area contributed by atoms with Gasteiger partial charge in [-0.1, -0.05) is 59.9 Å². The minimum atomic E-state index is -0.966. The highest BCUT2D eigenvalue weighted by Gasteiger charge is 2.36. The van der Waals surface area contributed by atoms with E-state index >= 15 is 0 Å². The number of nitrogen functional groups attached to an aromatic ring is 1. The number of nitrogens with two attached hydrogens (primary N) is 1. The lowest BCUT2D eigenvalue weighted by Crippen LogP contribution is -2.53. The number of amides is 1. The molecule has 5 N–H and O–H groups in total. The van der Waals surface area contributed by atoms with Gasteiger partial charge in [-0.05, 0) is 65.6 Å². The van der Waals surface area contributed by atoms with E-state index in [4.69, 9.17) is 5.73 Å². The number of anilines is 1. The average molecular weight is 518 g/mol. The Morgan fingerprint density at radius 1 is 1.03 bits per heavy atom. The highest BCUT2D eigenvalue weighted by Crippen LogP contribution is 2.39. The van der Waals surface area contributed by atoms with Gasteiger partial charge in [0.05, 0.1) is 12.1 Å². The molecule has 3 rings (SSSR count). The first kappa shape index (κ1) is 30.7. The quantitative estimate of drug-likeness (QED) is 0.337. The normalized spacial score (nSPS) is 16.8. The maximum Gasteiger partial charge on any atom is 0.217 e. The van der Waals surface area contributed by atoms with Crippen LogP contribution in [0, 0.1) is 11.6 Å². The number of hydrogen-bond acceptors (Lipinski definition) is 4. The fourth-order valence-corrected chi connectivity index (χ4v) is 5.05. The number of hydrogen-bond donors (Lipinski definition) is 4. The van der Waals surface area contributed by atoms with Crippen LogP contribution in [0.25, 0.3) is 0 Å². The molecular formula is C30H45F2N3O2. The summed E-state index contributed by atoms with van der Waals surface area (Å²) in [5.74, 6) is -1.69. The van der Waals surface area contributed by atoms with Gasteiger partial charge >= 0.3 is 0 Å². The van der Waals surface area contributed by atoms with Crippen molar-refractivity contribution in [3.05, 3.63) is 64.7 Å². The number of rotatable bonds is 8. The minimum absolute atomic E-state index is 0.0593. The molecule has 1 amide bonds. The van der Waals surface area contributed by atoms with Gasteiger partial charge in [-0.25, -0.2) is 8.78 Å². The molecule has 0 aliphatic heterocycles. The second-order valence-electron chi connectivity index (χ2n) is 11.0. The van der Waals surface area contributed by atoms with Crippen molar-refractivity contribution in [2.45, 2.75) is 103 Å². The molecule has 0 radical (unpaired) electrons. The zero-order valence-electron chi connectivity index (χ0n) is 23.3. The summed E-state index contributed by atoms with van der Waals surface area (Å²) in [7, 11) is 0. The summed E-state index contributed by atoms with van der Waals surface area (Å²) < 4.78 is 27.4. The van der Waals surface area contributed by atoms with Crippen molar-refractivity contribution in [2.75, 3.05) is 12.3 Å². The zero-order valence-corrected chi connectivity index (χ0v) is 23.3. The van der Waals surface area contributed by atoms with Crippen LogP contribution in [0.3, 0.4) is 0 Å². The lowest BCUT2D eigenvalue weighted by molar-refractivity contribution is -0.120. The maximum atomic E-state index is 13.7. The molecule has 1 saturated carbocycles. The molecule has 5 nitrogen and oxygen atoms in total. The first-order chi connectivity index (χ1) is 17.4. The molecule has 0 heterocycles. The topological polar surface area (TPSA) is 87.4 Å². The van der Waals surface area contributed by atoms with Gasteiger partial charge in [0, 0.05) is 30.8 Å². The summed E-state index contributed by atoms with van der Waals surface area (Å²) in [4.78, 5) is 11.8. The maximum absolute atomic E-state index is 13.7. The summed E-state index contributed by atoms with van der Waals surface area (Å²) in [5.41, 5.74) is 9.25. The SMILES string of the molecule is CC.CC(=O)NC(Cc1cc(F)cc(F)c1)C(O)CNC1(c2cc(N)cc(C(C)(C)C)c2)CCCCC1. The average Bonchev–Trinajstić information content (AvgIpc) is 2.82. The van der Waals surface area contributed by atoms with Crippen molar-refractivity contribution in [3.8, 4) is 0 Å². The summed E-state index contributed by atoms with van der Waals surface area (Å²) >= 11 is 0. The van der Waals surface area contributed by atoms with E-state index < -0.39 is 23.8 Å². The van der Waals surface area contributed by atoms with Gasteiger partial charge in [-0.15, -0.1) is 0 Å². The van der Waals surface area contributed by atoms with Crippen molar-refractivity contribution in [1.29, 1.82) is 0 Å². The molecule has 0 spiro atoms. The van der Waals surface area contributed by atoms with Crippen LogP contribution in [-0.2, 0) is 22.2 Å². The number of benzene rings is 2. The summed E-state index contributed by atoms with van der Waals surface area (Å²) in [5, 5.41) is 17.5. The molecular weight excluding hydrogens is 472 g/mol.